The zero-order valence-corrected chi connectivity index (χ0v) is 23.8. The Bertz CT molecular complexity index is 2130. The van der Waals surface area contributed by atoms with Crippen molar-refractivity contribution in [1.82, 2.24) is 0 Å². The Morgan fingerprint density at radius 2 is 0.929 bits per heavy atom. The van der Waals surface area contributed by atoms with E-state index in [1.807, 2.05) is 36.5 Å². The summed E-state index contributed by atoms with van der Waals surface area (Å²) in [5, 5.41) is 7.00. The molecule has 6 aromatic rings. The third kappa shape index (κ3) is 3.92. The molecule has 200 valence electrons. The molecule has 0 bridgehead atoms. The maximum absolute atomic E-state index is 4.31. The molecule has 6 aromatic carbocycles. The molecule has 0 spiro atoms. The first-order chi connectivity index (χ1) is 20.6. The van der Waals surface area contributed by atoms with E-state index >= 15 is 0 Å². The second-order valence-corrected chi connectivity index (χ2v) is 10.3. The van der Waals surface area contributed by atoms with Gasteiger partial charge < -0.3 is 0 Å². The summed E-state index contributed by atoms with van der Waals surface area (Å²) in [6.45, 7) is 25.3. The van der Waals surface area contributed by atoms with Crippen LogP contribution in [0.4, 0.5) is 0 Å². The molecule has 0 amide bonds. The molecule has 0 fully saturated rings. The molecule has 0 saturated carbocycles. The van der Waals surface area contributed by atoms with Gasteiger partial charge in [0.25, 0.3) is 0 Å². The van der Waals surface area contributed by atoms with Gasteiger partial charge in [-0.3, -0.25) is 0 Å². The minimum absolute atomic E-state index is 1.02. The molecule has 0 radical (unpaired) electrons. The Morgan fingerprint density at radius 1 is 0.381 bits per heavy atom. The highest BCUT2D eigenvalue weighted by atomic mass is 14.3. The Morgan fingerprint density at radius 3 is 1.52 bits per heavy atom. The molecule has 0 aliphatic rings. The molecule has 0 aliphatic carbocycles. The summed E-state index contributed by atoms with van der Waals surface area (Å²) in [5.41, 5.74) is 10.6. The molecule has 0 unspecified atom stereocenters. The Balaban J connectivity index is 1.83. The molecule has 0 nitrogen and oxygen atoms in total. The van der Waals surface area contributed by atoms with Gasteiger partial charge >= 0.3 is 0 Å². The van der Waals surface area contributed by atoms with E-state index in [4.69, 9.17) is 0 Å². The van der Waals surface area contributed by atoms with Crippen molar-refractivity contribution in [2.45, 2.75) is 0 Å². The van der Waals surface area contributed by atoms with Crippen LogP contribution >= 0.6 is 0 Å². The lowest BCUT2D eigenvalue weighted by molar-refractivity contribution is 1.55. The van der Waals surface area contributed by atoms with Crippen LogP contribution in [0.1, 0.15) is 33.4 Å². The molecular formula is C42H32. The lowest BCUT2D eigenvalue weighted by Crippen LogP contribution is -2.00. The predicted octanol–water partition coefficient (Wildman–Crippen LogP) is 12.3. The van der Waals surface area contributed by atoms with Gasteiger partial charge in [-0.2, -0.15) is 0 Å². The van der Waals surface area contributed by atoms with Gasteiger partial charge in [-0.25, -0.2) is 0 Å². The number of benzene rings is 6. The van der Waals surface area contributed by atoms with Crippen molar-refractivity contribution in [3.63, 3.8) is 0 Å². The van der Waals surface area contributed by atoms with Crippen LogP contribution in [0.3, 0.4) is 0 Å². The predicted molar refractivity (Wildman–Crippen MR) is 190 cm³/mol. The number of hydrogen-bond donors (Lipinski definition) is 0. The normalized spacial score (nSPS) is 11.0. The van der Waals surface area contributed by atoms with Gasteiger partial charge in [-0.1, -0.05) is 155 Å². The zero-order valence-electron chi connectivity index (χ0n) is 23.8. The van der Waals surface area contributed by atoms with Crippen LogP contribution in [0.2, 0.25) is 0 Å². The van der Waals surface area contributed by atoms with Crippen LogP contribution in [-0.4, -0.2) is 0 Å². The zero-order chi connectivity index (χ0) is 29.4. The summed E-state index contributed by atoms with van der Waals surface area (Å²) in [7, 11) is 0. The number of hydrogen-bond acceptors (Lipinski definition) is 0. The van der Waals surface area contributed by atoms with E-state index in [0.29, 0.717) is 0 Å². The summed E-state index contributed by atoms with van der Waals surface area (Å²) in [5.74, 6) is 0. The largest absolute Gasteiger partial charge is 0.0984 e. The van der Waals surface area contributed by atoms with Crippen molar-refractivity contribution in [1.29, 1.82) is 0 Å². The molecule has 0 atom stereocenters. The molecule has 0 heteroatoms. The van der Waals surface area contributed by atoms with Gasteiger partial charge in [-0.05, 0) is 94.0 Å². The van der Waals surface area contributed by atoms with Crippen molar-refractivity contribution in [2.75, 3.05) is 0 Å². The van der Waals surface area contributed by atoms with Crippen molar-refractivity contribution in [3.05, 3.63) is 158 Å². The maximum Gasteiger partial charge on any atom is -0.00201 e. The summed E-state index contributed by atoms with van der Waals surface area (Å²) in [4.78, 5) is 0. The second-order valence-electron chi connectivity index (χ2n) is 10.3. The highest BCUT2D eigenvalue weighted by molar-refractivity contribution is 6.18. The first-order valence-electron chi connectivity index (χ1n) is 14.1. The van der Waals surface area contributed by atoms with E-state index in [-0.39, 0.29) is 0 Å². The van der Waals surface area contributed by atoms with E-state index in [2.05, 4.69) is 124 Å². The van der Waals surface area contributed by atoms with Gasteiger partial charge in [0.05, 0.1) is 0 Å². The molecule has 0 aliphatic heterocycles. The van der Waals surface area contributed by atoms with Crippen molar-refractivity contribution < 1.29 is 0 Å². The van der Waals surface area contributed by atoms with Crippen molar-refractivity contribution in [2.24, 2.45) is 0 Å². The molecule has 0 aromatic heterocycles. The minimum Gasteiger partial charge on any atom is -0.0984 e. The fourth-order valence-electron chi connectivity index (χ4n) is 6.55. The topological polar surface area (TPSA) is 0 Å². The lowest BCUT2D eigenvalue weighted by Gasteiger charge is -2.24. The summed E-state index contributed by atoms with van der Waals surface area (Å²) < 4.78 is 0. The fourth-order valence-corrected chi connectivity index (χ4v) is 6.55. The second kappa shape index (κ2) is 10.8. The maximum atomic E-state index is 4.31. The quantitative estimate of drug-likeness (QED) is 0.170. The van der Waals surface area contributed by atoms with Crippen LogP contribution in [0, 0.1) is 0 Å². The highest BCUT2D eigenvalue weighted by Gasteiger charge is 2.23. The lowest BCUT2D eigenvalue weighted by atomic mass is 9.79. The summed E-state index contributed by atoms with van der Waals surface area (Å²) >= 11 is 0. The first-order valence-corrected chi connectivity index (χ1v) is 14.1. The Labute approximate surface area is 248 Å². The molecule has 0 heterocycles. The number of rotatable bonds is 8. The van der Waals surface area contributed by atoms with Gasteiger partial charge in [0.1, 0.15) is 0 Å². The highest BCUT2D eigenvalue weighted by Crippen LogP contribution is 2.47. The summed E-state index contributed by atoms with van der Waals surface area (Å²) in [6, 6.07) is 30.1. The fraction of sp³-hybridized carbons (Fsp3) is 0. The van der Waals surface area contributed by atoms with Crippen LogP contribution in [-0.2, 0) is 0 Å². The third-order valence-electron chi connectivity index (χ3n) is 8.32. The smallest absolute Gasteiger partial charge is 0.00201 e. The average Bonchev–Trinajstić information content (AvgIpc) is 3.05. The van der Waals surface area contributed by atoms with Gasteiger partial charge in [0, 0.05) is 0 Å². The van der Waals surface area contributed by atoms with Crippen molar-refractivity contribution in [3.8, 4) is 22.3 Å². The molecule has 0 saturated heterocycles. The van der Waals surface area contributed by atoms with E-state index < -0.39 is 0 Å². The third-order valence-corrected chi connectivity index (χ3v) is 8.32. The van der Waals surface area contributed by atoms with E-state index in [0.717, 1.165) is 71.8 Å². The molecule has 6 rings (SSSR count). The van der Waals surface area contributed by atoms with E-state index in [1.54, 1.807) is 0 Å². The molecular weight excluding hydrogens is 504 g/mol. The monoisotopic (exact) mass is 536 g/mol. The van der Waals surface area contributed by atoms with Crippen LogP contribution in [0.5, 0.6) is 0 Å². The van der Waals surface area contributed by atoms with Gasteiger partial charge in [-0.15, -0.1) is 0 Å². The average molecular weight is 537 g/mol. The minimum atomic E-state index is 1.02. The Hall–Kier alpha value is -5.46. The van der Waals surface area contributed by atoms with E-state index in [1.165, 1.54) is 16.2 Å². The standard InChI is InChI=1S/C42H32/c1-7-27-19-17-23-36(30(27)8-2)41-33(11-5)34(12-6)42(38-22-16-15-21-37(38)41)39-26-29-25-24-28-18-13-14-20-35(28)40(29)32(10-4)31(39)9-3/h7-26H,1-6H2. The summed E-state index contributed by atoms with van der Waals surface area (Å²) in [6.07, 6.45) is 11.6. The SMILES string of the molecule is C=Cc1cccc(-c2c(C=C)c(C=C)c(-c3cc4ccc5ccccc5c4c(C=C)c3C=C)c3ccccc23)c1C=C. The Kier molecular flexibility index (Phi) is 6.90. The van der Waals surface area contributed by atoms with Crippen LogP contribution < -0.4 is 0 Å². The van der Waals surface area contributed by atoms with Crippen molar-refractivity contribution >= 4 is 68.8 Å². The van der Waals surface area contributed by atoms with E-state index in [9.17, 15) is 0 Å². The molecule has 0 N–H and O–H groups in total. The van der Waals surface area contributed by atoms with Crippen LogP contribution in [0.15, 0.2) is 124 Å². The molecule has 42 heavy (non-hydrogen) atoms. The number of fused-ring (bicyclic) bond motifs is 4. The van der Waals surface area contributed by atoms with Gasteiger partial charge in [0.2, 0.25) is 0 Å². The van der Waals surface area contributed by atoms with Crippen LogP contribution in [0.25, 0.3) is 91.0 Å². The first kappa shape index (κ1) is 26.7. The van der Waals surface area contributed by atoms with Gasteiger partial charge in [0.15, 0.2) is 0 Å².